The highest BCUT2D eigenvalue weighted by atomic mass is 32.1. The Kier molecular flexibility index (Phi) is 3.42. The number of nitrogens with one attached hydrogen (secondary N) is 3. The Hall–Kier alpha value is -2.28. The lowest BCUT2D eigenvalue weighted by Crippen LogP contribution is -2.42. The van der Waals surface area contributed by atoms with Gasteiger partial charge in [-0.25, -0.2) is 4.79 Å². The molecule has 20 heavy (non-hydrogen) atoms. The van der Waals surface area contributed by atoms with Crippen molar-refractivity contribution in [3.63, 3.8) is 0 Å². The minimum absolute atomic E-state index is 0.173. The largest absolute Gasteiger partial charge is 0.350 e. The molecule has 0 aliphatic carbocycles. The Labute approximate surface area is 119 Å². The van der Waals surface area contributed by atoms with E-state index in [9.17, 15) is 9.59 Å². The second kappa shape index (κ2) is 5.38. The number of carbonyl (C=O) groups is 2. The van der Waals surface area contributed by atoms with E-state index in [0.717, 1.165) is 10.6 Å². The summed E-state index contributed by atoms with van der Waals surface area (Å²) >= 11 is 1.62. The molecule has 1 atom stereocenters. The molecule has 3 rings (SSSR count). The number of nitrogens with zero attached hydrogens (tertiary/aromatic N) is 1. The van der Waals surface area contributed by atoms with E-state index in [1.807, 2.05) is 40.5 Å². The minimum atomic E-state index is -0.490. The van der Waals surface area contributed by atoms with Crippen molar-refractivity contribution < 1.29 is 9.59 Å². The molecular weight excluding hydrogens is 276 g/mol. The molecule has 6 nitrogen and oxygen atoms in total. The Morgan fingerprint density at radius 3 is 2.95 bits per heavy atom. The van der Waals surface area contributed by atoms with Crippen molar-refractivity contribution in [2.75, 3.05) is 6.54 Å². The maximum atomic E-state index is 11.9. The monoisotopic (exact) mass is 290 g/mol. The van der Waals surface area contributed by atoms with E-state index in [-0.39, 0.29) is 11.9 Å². The number of urea groups is 1. The Bertz CT molecular complexity index is 620. The second-order valence-corrected chi connectivity index (χ2v) is 5.36. The van der Waals surface area contributed by atoms with Crippen LogP contribution in [-0.2, 0) is 11.3 Å². The third-order valence-corrected chi connectivity index (χ3v) is 4.07. The third-order valence-electron chi connectivity index (χ3n) is 3.10. The van der Waals surface area contributed by atoms with Crippen LogP contribution >= 0.6 is 11.3 Å². The van der Waals surface area contributed by atoms with Crippen molar-refractivity contribution in [2.24, 2.45) is 0 Å². The zero-order valence-electron chi connectivity index (χ0n) is 10.6. The van der Waals surface area contributed by atoms with E-state index in [1.54, 1.807) is 11.3 Å². The van der Waals surface area contributed by atoms with Crippen LogP contribution in [0.4, 0.5) is 4.79 Å². The summed E-state index contributed by atoms with van der Waals surface area (Å²) in [5.74, 6) is -0.173. The van der Waals surface area contributed by atoms with Gasteiger partial charge in [0.2, 0.25) is 5.91 Å². The van der Waals surface area contributed by atoms with Crippen LogP contribution in [-0.4, -0.2) is 29.1 Å². The molecule has 1 aliphatic rings. The topological polar surface area (TPSA) is 75.2 Å². The van der Waals surface area contributed by atoms with Gasteiger partial charge in [0.15, 0.2) is 0 Å². The zero-order valence-corrected chi connectivity index (χ0v) is 11.4. The van der Waals surface area contributed by atoms with Crippen LogP contribution < -0.4 is 16.0 Å². The van der Waals surface area contributed by atoms with Gasteiger partial charge in [-0.2, -0.15) is 0 Å². The number of hydrogen-bond donors (Lipinski definition) is 3. The number of thiophene rings is 1. The van der Waals surface area contributed by atoms with Crippen LogP contribution in [0, 0.1) is 0 Å². The van der Waals surface area contributed by atoms with E-state index in [2.05, 4.69) is 16.0 Å². The van der Waals surface area contributed by atoms with Crippen LogP contribution in [0.1, 0.15) is 5.56 Å². The van der Waals surface area contributed by atoms with E-state index in [4.69, 9.17) is 0 Å². The van der Waals surface area contributed by atoms with Crippen molar-refractivity contribution in [3.05, 3.63) is 41.5 Å². The lowest BCUT2D eigenvalue weighted by molar-refractivity contribution is -0.122. The molecule has 0 radical (unpaired) electrons. The quantitative estimate of drug-likeness (QED) is 0.780. The van der Waals surface area contributed by atoms with E-state index < -0.39 is 6.04 Å². The number of amides is 3. The average molecular weight is 290 g/mol. The summed E-state index contributed by atoms with van der Waals surface area (Å²) < 4.78 is 2.02. The van der Waals surface area contributed by atoms with Gasteiger partial charge in [0.05, 0.1) is 0 Å². The Morgan fingerprint density at radius 1 is 1.45 bits per heavy atom. The zero-order chi connectivity index (χ0) is 13.9. The molecule has 3 amide bonds. The highest BCUT2D eigenvalue weighted by Gasteiger charge is 2.26. The van der Waals surface area contributed by atoms with Gasteiger partial charge >= 0.3 is 6.03 Å². The minimum Gasteiger partial charge on any atom is -0.350 e. The highest BCUT2D eigenvalue weighted by Crippen LogP contribution is 2.21. The molecule has 104 valence electrons. The fourth-order valence-electron chi connectivity index (χ4n) is 2.08. The lowest BCUT2D eigenvalue weighted by atomic mass is 10.2. The molecule has 0 aromatic carbocycles. The molecule has 3 heterocycles. The fraction of sp³-hybridized carbons (Fsp3) is 0.231. The molecule has 1 aliphatic heterocycles. The first-order chi connectivity index (χ1) is 9.74. The van der Waals surface area contributed by atoms with Gasteiger partial charge in [0, 0.05) is 31.0 Å². The molecule has 0 bridgehead atoms. The smallest absolute Gasteiger partial charge is 0.315 e. The maximum Gasteiger partial charge on any atom is 0.315 e. The second-order valence-electron chi connectivity index (χ2n) is 4.47. The SMILES string of the molecule is O=C1NC[C@H](C(=O)NCc2ccsc2-n2cccc2)N1. The van der Waals surface area contributed by atoms with Crippen molar-refractivity contribution in [1.82, 2.24) is 20.5 Å². The predicted octanol–water partition coefficient (Wildman–Crippen LogP) is 0.836. The summed E-state index contributed by atoms with van der Waals surface area (Å²) in [6.45, 7) is 0.779. The fourth-order valence-corrected chi connectivity index (χ4v) is 2.97. The van der Waals surface area contributed by atoms with Crippen LogP contribution in [0.2, 0.25) is 0 Å². The van der Waals surface area contributed by atoms with Gasteiger partial charge in [-0.3, -0.25) is 4.79 Å². The summed E-state index contributed by atoms with van der Waals surface area (Å²) in [7, 11) is 0. The van der Waals surface area contributed by atoms with Crippen LogP contribution in [0.15, 0.2) is 36.0 Å². The first kappa shape index (κ1) is 12.7. The normalized spacial score (nSPS) is 17.6. The molecule has 2 aromatic heterocycles. The van der Waals surface area contributed by atoms with Crippen molar-refractivity contribution in [2.45, 2.75) is 12.6 Å². The van der Waals surface area contributed by atoms with Crippen molar-refractivity contribution in [1.29, 1.82) is 0 Å². The first-order valence-electron chi connectivity index (χ1n) is 6.26. The standard InChI is InChI=1S/C13H14N4O2S/c18-11(10-8-15-13(19)16-10)14-7-9-3-6-20-12(9)17-4-1-2-5-17/h1-6,10H,7-8H2,(H,14,18)(H2,15,16,19)/t10-/m1/s1. The number of aromatic nitrogens is 1. The molecule has 1 saturated heterocycles. The number of carbonyl (C=O) groups excluding carboxylic acids is 2. The Balaban J connectivity index is 1.63. The van der Waals surface area contributed by atoms with Crippen molar-refractivity contribution in [3.8, 4) is 5.00 Å². The van der Waals surface area contributed by atoms with E-state index in [1.165, 1.54) is 0 Å². The number of hydrogen-bond acceptors (Lipinski definition) is 3. The molecule has 1 fully saturated rings. The summed E-state index contributed by atoms with van der Waals surface area (Å²) in [4.78, 5) is 22.9. The van der Waals surface area contributed by atoms with Crippen LogP contribution in [0.5, 0.6) is 0 Å². The van der Waals surface area contributed by atoms with Gasteiger partial charge in [-0.15, -0.1) is 11.3 Å². The molecule has 0 spiro atoms. The summed E-state index contributed by atoms with van der Waals surface area (Å²) in [6, 6.07) is 5.12. The van der Waals surface area contributed by atoms with Gasteiger partial charge in [-0.1, -0.05) is 0 Å². The molecular formula is C13H14N4O2S. The summed E-state index contributed by atoms with van der Waals surface area (Å²) in [5.41, 5.74) is 1.05. The van der Waals surface area contributed by atoms with E-state index >= 15 is 0 Å². The van der Waals surface area contributed by atoms with E-state index in [0.29, 0.717) is 13.1 Å². The molecule has 3 N–H and O–H groups in total. The van der Waals surface area contributed by atoms with Gasteiger partial charge in [0.1, 0.15) is 11.0 Å². The first-order valence-corrected chi connectivity index (χ1v) is 7.14. The molecule has 0 saturated carbocycles. The lowest BCUT2D eigenvalue weighted by Gasteiger charge is -2.10. The average Bonchev–Trinajstić information content (AvgIpc) is 3.16. The highest BCUT2D eigenvalue weighted by molar-refractivity contribution is 7.12. The molecule has 2 aromatic rings. The molecule has 0 unspecified atom stereocenters. The van der Waals surface area contributed by atoms with Crippen LogP contribution in [0.25, 0.3) is 5.00 Å². The van der Waals surface area contributed by atoms with Gasteiger partial charge < -0.3 is 20.5 Å². The summed E-state index contributed by atoms with van der Waals surface area (Å²) in [6.07, 6.45) is 3.94. The van der Waals surface area contributed by atoms with Crippen LogP contribution in [0.3, 0.4) is 0 Å². The predicted molar refractivity (Wildman–Crippen MR) is 75.8 cm³/mol. The third kappa shape index (κ3) is 2.53. The summed E-state index contributed by atoms with van der Waals surface area (Å²) in [5, 5.41) is 11.1. The molecule has 7 heteroatoms. The van der Waals surface area contributed by atoms with Gasteiger partial charge in [0.25, 0.3) is 0 Å². The Morgan fingerprint density at radius 2 is 2.25 bits per heavy atom. The maximum absolute atomic E-state index is 11.9. The number of rotatable bonds is 4. The van der Waals surface area contributed by atoms with Gasteiger partial charge in [-0.05, 0) is 23.6 Å². The van der Waals surface area contributed by atoms with Crippen molar-refractivity contribution >= 4 is 23.3 Å².